The van der Waals surface area contributed by atoms with E-state index in [1.807, 2.05) is 172 Å². The van der Waals surface area contributed by atoms with Crippen LogP contribution < -0.4 is 50.9 Å². The van der Waals surface area contributed by atoms with Crippen LogP contribution in [0.4, 0.5) is 46.0 Å². The van der Waals surface area contributed by atoms with E-state index in [9.17, 15) is 61.6 Å². The number of ether oxygens (including phenoxy) is 4. The number of carbonyl (C=O) groups excluding carboxylic acids is 9. The molecule has 0 saturated carbocycles. The van der Waals surface area contributed by atoms with Crippen molar-refractivity contribution in [1.29, 1.82) is 5.26 Å². The number of rotatable bonds is 33. The van der Waals surface area contributed by atoms with Crippen molar-refractivity contribution >= 4 is 128 Å². The molecule has 0 radical (unpaired) electrons. The second-order valence-electron chi connectivity index (χ2n) is 37.0. The van der Waals surface area contributed by atoms with Crippen molar-refractivity contribution in [2.75, 3.05) is 85.5 Å². The molecule has 137 heavy (non-hydrogen) atoms. The number of hydrogen-bond donors (Lipinski definition) is 5. The van der Waals surface area contributed by atoms with Crippen LogP contribution in [0.25, 0.3) is 26.6 Å². The van der Waals surface area contributed by atoms with Crippen molar-refractivity contribution in [3.05, 3.63) is 202 Å². The Bertz CT molecular complexity index is 6020. The summed E-state index contributed by atoms with van der Waals surface area (Å²) in [6, 6.07) is 33.5. The minimum Gasteiger partial charge on any atom is -0.478 e. The van der Waals surface area contributed by atoms with E-state index in [0.717, 1.165) is 66.7 Å². The second-order valence-corrected chi connectivity index (χ2v) is 38.6. The van der Waals surface area contributed by atoms with Gasteiger partial charge in [-0.05, 0) is 215 Å². The van der Waals surface area contributed by atoms with Gasteiger partial charge in [0.05, 0.1) is 71.6 Å². The third-order valence-electron chi connectivity index (χ3n) is 23.5. The van der Waals surface area contributed by atoms with Crippen LogP contribution in [0.1, 0.15) is 148 Å². The van der Waals surface area contributed by atoms with Crippen LogP contribution in [0, 0.1) is 83.9 Å². The van der Waals surface area contributed by atoms with Gasteiger partial charge in [0.2, 0.25) is 41.4 Å². The Balaban J connectivity index is 0.000000263. The van der Waals surface area contributed by atoms with Crippen molar-refractivity contribution in [1.82, 2.24) is 46.4 Å². The number of nitriles is 1. The maximum atomic E-state index is 15.3. The molecule has 36 heteroatoms. The standard InChI is InChI=1S/C52H64N8O7S2.C49H47F4N7O7S/c1-33-27-42(47(63)55-29-37-13-17-38(18-14-37)45-35(3)56-32-69-45)58(30-33)48(64)46(51(4,5)6)57-44(62)31-67-26-25-66-24-23-54-43(61)12-10-11-36-15-19-39(20-16-36)60-50(68)59(49(65)52(60,7)8)40-21-22-41(53-9)34(2)28-40;1-30-21-38(43(62)56-25-31-11-13-32(14-12-31)40-26-55-29-67-40)58(27-30)44(63)42(47(2,3)4)57-41(61)28-65-19-9-7-8-10-20-66-39-18-17-35(23-37(39)50)60-46(68)59(45(64)48(60,5)6)34-16-15-33(24-54)36(22-34)49(51,52)53/h13-22,28,32-33,42,46H,10-12,23-27,29-31H2,1-8H3,(H,54,61)(H,55,63)(H,57,62);11-18,22-23,26,29-30,38,42H,19-21,25,27-28H2,1-6H3,(H,56,62)(H,57,61)/t33-,42+,46-;30-,38+,42-/m11/s1. The Morgan fingerprint density at radius 2 is 1.15 bits per heavy atom. The normalized spacial score (nSPS) is 17.1. The molecule has 6 heterocycles. The summed E-state index contributed by atoms with van der Waals surface area (Å²) in [6.07, 6.45) is 0.757. The lowest BCUT2D eigenvalue weighted by Gasteiger charge is -2.35. The molecule has 6 atom stereocenters. The summed E-state index contributed by atoms with van der Waals surface area (Å²) < 4.78 is 83.7. The van der Waals surface area contributed by atoms with Gasteiger partial charge in [-0.1, -0.05) is 128 Å². The van der Waals surface area contributed by atoms with Gasteiger partial charge in [0.15, 0.2) is 39.6 Å². The molecule has 0 unspecified atom stereocenters. The second kappa shape index (κ2) is 45.5. The van der Waals surface area contributed by atoms with Gasteiger partial charge in [0.1, 0.15) is 61.7 Å². The average Bonchev–Trinajstić information content (AvgIpc) is 1.58. The largest absolute Gasteiger partial charge is 0.478 e. The topological polar surface area (TPSA) is 337 Å². The van der Waals surface area contributed by atoms with Crippen molar-refractivity contribution in [3.8, 4) is 57.3 Å². The quantitative estimate of drug-likeness (QED) is 0.00838. The fraction of sp³-hybridized carbons (Fsp3) is 0.416. The van der Waals surface area contributed by atoms with Gasteiger partial charge in [-0.3, -0.25) is 53.0 Å². The summed E-state index contributed by atoms with van der Waals surface area (Å²) >= 11 is 12.9. The van der Waals surface area contributed by atoms with Crippen molar-refractivity contribution in [2.24, 2.45) is 22.7 Å². The Kier molecular flexibility index (Phi) is 34.6. The Morgan fingerprint density at radius 1 is 0.635 bits per heavy atom. The molecule has 29 nitrogen and oxygen atoms in total. The highest BCUT2D eigenvalue weighted by molar-refractivity contribution is 7.81. The molecule has 12 rings (SSSR count). The highest BCUT2D eigenvalue weighted by Crippen LogP contribution is 2.43. The molecule has 0 bridgehead atoms. The number of aryl methyl sites for hydroxylation is 3. The van der Waals surface area contributed by atoms with Gasteiger partial charge < -0.3 is 69.5 Å². The minimum atomic E-state index is -4.87. The number of hydrogen-bond acceptors (Lipinski definition) is 20. The number of carbonyl (C=O) groups is 9. The van der Waals surface area contributed by atoms with E-state index in [1.165, 1.54) is 59.2 Å². The lowest BCUT2D eigenvalue weighted by molar-refractivity contribution is -0.144. The molecule has 5 N–H and O–H groups in total. The van der Waals surface area contributed by atoms with Crippen LogP contribution in [-0.4, -0.2) is 184 Å². The number of halogens is 4. The number of benzene rings is 6. The number of oxazole rings is 1. The molecule has 720 valence electrons. The molecule has 2 aromatic heterocycles. The van der Waals surface area contributed by atoms with Crippen LogP contribution in [0.2, 0.25) is 0 Å². The number of amides is 9. The highest BCUT2D eigenvalue weighted by atomic mass is 32.1. The van der Waals surface area contributed by atoms with E-state index in [-0.39, 0.29) is 116 Å². The third-order valence-corrected chi connectivity index (χ3v) is 25.2. The van der Waals surface area contributed by atoms with Gasteiger partial charge >= 0.3 is 6.18 Å². The van der Waals surface area contributed by atoms with Crippen LogP contribution >= 0.6 is 35.8 Å². The first-order valence-corrected chi connectivity index (χ1v) is 46.3. The zero-order valence-corrected chi connectivity index (χ0v) is 81.2. The predicted octanol–water partition coefficient (Wildman–Crippen LogP) is 14.2. The molecule has 4 aliphatic heterocycles. The summed E-state index contributed by atoms with van der Waals surface area (Å²) in [5, 5.41) is 23.8. The van der Waals surface area contributed by atoms with E-state index in [0.29, 0.717) is 86.6 Å². The van der Waals surface area contributed by atoms with Gasteiger partial charge in [-0.2, -0.15) is 18.4 Å². The van der Waals surface area contributed by atoms with Crippen LogP contribution in [0.3, 0.4) is 0 Å². The minimum absolute atomic E-state index is 0.0572. The summed E-state index contributed by atoms with van der Waals surface area (Å²) in [5.41, 5.74) is 4.67. The van der Waals surface area contributed by atoms with Crippen molar-refractivity contribution in [2.45, 2.75) is 184 Å². The van der Waals surface area contributed by atoms with E-state index in [4.69, 9.17) is 54.4 Å². The highest BCUT2D eigenvalue weighted by Gasteiger charge is 2.53. The maximum Gasteiger partial charge on any atom is 0.417 e. The molecule has 4 aliphatic rings. The Hall–Kier alpha value is -13.3. The monoisotopic (exact) mass is 1930 g/mol. The number of alkyl halides is 3. The zero-order chi connectivity index (χ0) is 99.6. The molecular formula is C101H111F4N15O14S3. The molecule has 8 aromatic rings. The summed E-state index contributed by atoms with van der Waals surface area (Å²) in [5.74, 6) is 7.00. The number of nitrogens with one attached hydrogen (secondary N) is 5. The smallest absolute Gasteiger partial charge is 0.417 e. The molecular weight excluding hydrogens is 1820 g/mol. The van der Waals surface area contributed by atoms with E-state index < -0.39 is 93.5 Å². The van der Waals surface area contributed by atoms with Gasteiger partial charge in [0, 0.05) is 67.8 Å². The van der Waals surface area contributed by atoms with Gasteiger partial charge in [0.25, 0.3) is 11.8 Å². The zero-order valence-electron chi connectivity index (χ0n) is 78.8. The molecule has 4 fully saturated rings. The third kappa shape index (κ3) is 26.1. The lowest BCUT2D eigenvalue weighted by Crippen LogP contribution is -2.58. The van der Waals surface area contributed by atoms with Crippen LogP contribution in [0.15, 0.2) is 150 Å². The molecule has 0 spiro atoms. The number of thiocarbonyl (C=S) groups is 2. The molecule has 6 aromatic carbocycles. The first kappa shape index (κ1) is 104. The van der Waals surface area contributed by atoms with Crippen LogP contribution in [0.5, 0.6) is 5.75 Å². The Labute approximate surface area is 809 Å². The number of aromatic nitrogens is 2. The van der Waals surface area contributed by atoms with Gasteiger partial charge in [-0.25, -0.2) is 19.2 Å². The molecule has 0 aliphatic carbocycles. The molecule has 4 saturated heterocycles. The maximum absolute atomic E-state index is 15.3. The fourth-order valence-corrected chi connectivity index (χ4v) is 18.1. The lowest BCUT2D eigenvalue weighted by atomic mass is 9.85. The number of likely N-dealkylation sites (tertiary alicyclic amines) is 2. The van der Waals surface area contributed by atoms with Gasteiger partial charge in [-0.15, -0.1) is 11.3 Å². The SMILES string of the molecule is C[C@@H]1C[C@@H](C(=O)NCc2ccc(-c3cnco3)cc2)N(C(=O)[C@@H](NC(=O)COCC#CC#CCOc2ccc(N3C(=S)N(c4ccc(C#N)c(C(F)(F)F)c4)C(=O)C3(C)C)cc2F)C(C)(C)C)C1.[C-]#[N+]c1ccc(N2C(=O)C(C)(C)N(c3ccc(CCCC(=O)NCCOCCOCC(=O)N[C@H](C(=O)N4C[C@H](C)C[C@H]4C(=O)NCc4ccc(-c5scnc5C)cc4)C(C)(C)C)cc3)C2=S)cc1C. The fourth-order valence-electron chi connectivity index (χ4n) is 16.3. The van der Waals surface area contributed by atoms with Crippen LogP contribution in [-0.2, 0) is 83.0 Å². The molecule has 9 amide bonds. The van der Waals surface area contributed by atoms with Crippen molar-refractivity contribution < 1.29 is 84.1 Å². The van der Waals surface area contributed by atoms with E-state index in [2.05, 4.69) is 65.1 Å². The summed E-state index contributed by atoms with van der Waals surface area (Å²) in [4.78, 5) is 142. The van der Waals surface area contributed by atoms with Crippen molar-refractivity contribution in [3.63, 3.8) is 0 Å². The van der Waals surface area contributed by atoms with E-state index >= 15 is 4.39 Å². The summed E-state index contributed by atoms with van der Waals surface area (Å²) in [7, 11) is 0. The predicted molar refractivity (Wildman–Crippen MR) is 518 cm³/mol. The Morgan fingerprint density at radius 3 is 1.66 bits per heavy atom. The number of thiazole rings is 1. The number of nitrogens with zero attached hydrogens (tertiary/aromatic N) is 10. The first-order chi connectivity index (χ1) is 64.9. The number of anilines is 4. The average molecular weight is 1930 g/mol. The van der Waals surface area contributed by atoms with E-state index in [1.54, 1.807) is 34.6 Å². The first-order valence-electron chi connectivity index (χ1n) is 44.6. The summed E-state index contributed by atoms with van der Waals surface area (Å²) in [6.45, 7) is 34.0.